The molecule has 0 spiro atoms. The van der Waals surface area contributed by atoms with E-state index >= 15 is 0 Å². The first kappa shape index (κ1) is 20.5. The number of rotatable bonds is 7. The highest BCUT2D eigenvalue weighted by molar-refractivity contribution is 7.89. The Balaban J connectivity index is 2.18. The van der Waals surface area contributed by atoms with Crippen molar-refractivity contribution in [3.05, 3.63) is 52.5 Å². The zero-order valence-electron chi connectivity index (χ0n) is 14.2. The summed E-state index contributed by atoms with van der Waals surface area (Å²) in [6.45, 7) is 1.43. The van der Waals surface area contributed by atoms with Crippen molar-refractivity contribution >= 4 is 44.8 Å². The van der Waals surface area contributed by atoms with E-state index < -0.39 is 15.9 Å². The topological polar surface area (TPSA) is 75.7 Å². The molecule has 0 heterocycles. The summed E-state index contributed by atoms with van der Waals surface area (Å²) < 4.78 is 31.7. The third kappa shape index (κ3) is 4.88. The fourth-order valence-corrected chi connectivity index (χ4v) is 4.20. The highest BCUT2D eigenvalue weighted by Gasteiger charge is 2.26. The van der Waals surface area contributed by atoms with Crippen LogP contribution in [0.5, 0.6) is 5.75 Å². The van der Waals surface area contributed by atoms with Crippen molar-refractivity contribution in [1.29, 1.82) is 0 Å². The summed E-state index contributed by atoms with van der Waals surface area (Å²) in [7, 11) is -2.45. The molecule has 9 heteroatoms. The first-order valence-electron chi connectivity index (χ1n) is 7.67. The number of hydrogen-bond acceptors (Lipinski definition) is 4. The van der Waals surface area contributed by atoms with Crippen LogP contribution in [-0.4, -0.2) is 38.8 Å². The average Bonchev–Trinajstić information content (AvgIpc) is 2.59. The zero-order valence-corrected chi connectivity index (χ0v) is 16.5. The highest BCUT2D eigenvalue weighted by Crippen LogP contribution is 2.28. The summed E-state index contributed by atoms with van der Waals surface area (Å²) >= 11 is 11.9. The summed E-state index contributed by atoms with van der Waals surface area (Å²) in [5.74, 6) is -0.107. The van der Waals surface area contributed by atoms with Crippen molar-refractivity contribution in [2.45, 2.75) is 11.8 Å². The van der Waals surface area contributed by atoms with E-state index in [1.807, 2.05) is 0 Å². The van der Waals surface area contributed by atoms with Crippen LogP contribution in [0.2, 0.25) is 10.0 Å². The normalized spacial score (nSPS) is 11.4. The Labute approximate surface area is 162 Å². The van der Waals surface area contributed by atoms with E-state index in [-0.39, 0.29) is 23.0 Å². The van der Waals surface area contributed by atoms with Gasteiger partial charge in [0.1, 0.15) is 5.75 Å². The van der Waals surface area contributed by atoms with Crippen molar-refractivity contribution < 1.29 is 17.9 Å². The second-order valence-corrected chi connectivity index (χ2v) is 8.07. The summed E-state index contributed by atoms with van der Waals surface area (Å²) in [5, 5.41) is 3.27. The van der Waals surface area contributed by atoms with Crippen LogP contribution in [0.3, 0.4) is 0 Å². The quantitative estimate of drug-likeness (QED) is 0.746. The molecule has 2 aromatic carbocycles. The van der Waals surface area contributed by atoms with Gasteiger partial charge in [-0.1, -0.05) is 36.2 Å². The predicted octanol–water partition coefficient (Wildman–Crippen LogP) is 3.65. The molecule has 0 aromatic heterocycles. The lowest BCUT2D eigenvalue weighted by atomic mass is 10.3. The van der Waals surface area contributed by atoms with Crippen LogP contribution in [0, 0.1) is 0 Å². The van der Waals surface area contributed by atoms with Crippen LogP contribution >= 0.6 is 23.2 Å². The smallest absolute Gasteiger partial charge is 0.243 e. The zero-order chi connectivity index (χ0) is 19.3. The Kier molecular flexibility index (Phi) is 6.88. The molecule has 26 heavy (non-hydrogen) atoms. The fraction of sp³-hybridized carbons (Fsp3) is 0.235. The molecule has 0 radical (unpaired) electrons. The molecule has 0 bridgehead atoms. The number of halogens is 2. The number of hydrogen-bond donors (Lipinski definition) is 1. The van der Waals surface area contributed by atoms with Crippen molar-refractivity contribution in [2.75, 3.05) is 25.5 Å². The van der Waals surface area contributed by atoms with Gasteiger partial charge in [-0.25, -0.2) is 8.42 Å². The molecule has 0 aliphatic heterocycles. The third-order valence-electron chi connectivity index (χ3n) is 3.54. The molecular weight excluding hydrogens is 399 g/mol. The largest absolute Gasteiger partial charge is 0.495 e. The van der Waals surface area contributed by atoms with Gasteiger partial charge in [-0.3, -0.25) is 4.79 Å². The van der Waals surface area contributed by atoms with Gasteiger partial charge in [-0.05, 0) is 36.4 Å². The minimum atomic E-state index is -3.89. The standard InChI is InChI=1S/C17H18Cl2N2O4S/c1-3-21(11-17(22)20-13-6-4-5-12(18)9-13)26(23,24)14-7-8-16(25-2)15(19)10-14/h4-10H,3,11H2,1-2H3,(H,20,22). The van der Waals surface area contributed by atoms with Crippen LogP contribution in [-0.2, 0) is 14.8 Å². The molecule has 1 amide bonds. The van der Waals surface area contributed by atoms with Gasteiger partial charge >= 0.3 is 0 Å². The van der Waals surface area contributed by atoms with Gasteiger partial charge in [0.15, 0.2) is 0 Å². The van der Waals surface area contributed by atoms with Gasteiger partial charge in [-0.15, -0.1) is 0 Å². The molecule has 0 unspecified atom stereocenters. The molecule has 0 atom stereocenters. The summed E-state index contributed by atoms with van der Waals surface area (Å²) in [6, 6.07) is 10.8. The molecule has 2 rings (SSSR count). The summed E-state index contributed by atoms with van der Waals surface area (Å²) in [5.41, 5.74) is 0.489. The lowest BCUT2D eigenvalue weighted by Crippen LogP contribution is -2.37. The van der Waals surface area contributed by atoms with E-state index in [2.05, 4.69) is 5.32 Å². The molecule has 0 saturated heterocycles. The van der Waals surface area contributed by atoms with E-state index in [1.54, 1.807) is 31.2 Å². The Hall–Kier alpha value is -1.80. The lowest BCUT2D eigenvalue weighted by Gasteiger charge is -2.20. The SMILES string of the molecule is CCN(CC(=O)Nc1cccc(Cl)c1)S(=O)(=O)c1ccc(OC)c(Cl)c1. The van der Waals surface area contributed by atoms with Gasteiger partial charge < -0.3 is 10.1 Å². The van der Waals surface area contributed by atoms with Crippen molar-refractivity contribution in [2.24, 2.45) is 0 Å². The molecule has 0 aliphatic carbocycles. The molecule has 0 fully saturated rings. The number of ether oxygens (including phenoxy) is 1. The molecular formula is C17H18Cl2N2O4S. The first-order chi connectivity index (χ1) is 12.3. The molecule has 1 N–H and O–H groups in total. The molecule has 0 aliphatic rings. The van der Waals surface area contributed by atoms with Crippen LogP contribution in [0.15, 0.2) is 47.4 Å². The lowest BCUT2D eigenvalue weighted by molar-refractivity contribution is -0.116. The van der Waals surface area contributed by atoms with Crippen molar-refractivity contribution in [3.63, 3.8) is 0 Å². The maximum absolute atomic E-state index is 12.8. The van der Waals surface area contributed by atoms with Gasteiger partial charge in [0, 0.05) is 17.3 Å². The Morgan fingerprint density at radius 1 is 1.19 bits per heavy atom. The van der Waals surface area contributed by atoms with Crippen LogP contribution in [0.4, 0.5) is 5.69 Å². The second-order valence-electron chi connectivity index (χ2n) is 5.29. The second kappa shape index (κ2) is 8.73. The number of amides is 1. The minimum absolute atomic E-state index is 0.0132. The van der Waals surface area contributed by atoms with E-state index in [1.165, 1.54) is 25.3 Å². The number of carbonyl (C=O) groups is 1. The van der Waals surface area contributed by atoms with Gasteiger partial charge in [-0.2, -0.15) is 4.31 Å². The fourth-order valence-electron chi connectivity index (χ4n) is 2.25. The highest BCUT2D eigenvalue weighted by atomic mass is 35.5. The van der Waals surface area contributed by atoms with Crippen LogP contribution in [0.1, 0.15) is 6.92 Å². The maximum atomic E-state index is 12.8. The number of nitrogens with zero attached hydrogens (tertiary/aromatic N) is 1. The monoisotopic (exact) mass is 416 g/mol. The number of sulfonamides is 1. The van der Waals surface area contributed by atoms with E-state index in [9.17, 15) is 13.2 Å². The number of nitrogens with one attached hydrogen (secondary N) is 1. The summed E-state index contributed by atoms with van der Waals surface area (Å²) in [4.78, 5) is 12.2. The molecule has 2 aromatic rings. The number of anilines is 1. The molecule has 6 nitrogen and oxygen atoms in total. The molecule has 140 valence electrons. The third-order valence-corrected chi connectivity index (χ3v) is 5.99. The Morgan fingerprint density at radius 3 is 2.50 bits per heavy atom. The van der Waals surface area contributed by atoms with Crippen molar-refractivity contribution in [3.8, 4) is 5.75 Å². The van der Waals surface area contributed by atoms with Crippen molar-refractivity contribution in [1.82, 2.24) is 4.31 Å². The predicted molar refractivity (Wildman–Crippen MR) is 103 cm³/mol. The van der Waals surface area contributed by atoms with Crippen LogP contribution < -0.4 is 10.1 Å². The van der Waals surface area contributed by atoms with Crippen LogP contribution in [0.25, 0.3) is 0 Å². The maximum Gasteiger partial charge on any atom is 0.243 e. The number of methoxy groups -OCH3 is 1. The number of benzene rings is 2. The minimum Gasteiger partial charge on any atom is -0.495 e. The van der Waals surface area contributed by atoms with E-state index in [4.69, 9.17) is 27.9 Å². The van der Waals surface area contributed by atoms with Gasteiger partial charge in [0.05, 0.1) is 23.6 Å². The summed E-state index contributed by atoms with van der Waals surface area (Å²) in [6.07, 6.45) is 0. The van der Waals surface area contributed by atoms with E-state index in [0.717, 1.165) is 4.31 Å². The molecule has 0 saturated carbocycles. The Bertz CT molecular complexity index is 903. The Morgan fingerprint density at radius 2 is 1.92 bits per heavy atom. The average molecular weight is 417 g/mol. The first-order valence-corrected chi connectivity index (χ1v) is 9.86. The number of likely N-dealkylation sites (N-methyl/N-ethyl adjacent to an activating group) is 1. The van der Waals surface area contributed by atoms with E-state index in [0.29, 0.717) is 16.5 Å². The van der Waals surface area contributed by atoms with Gasteiger partial charge in [0.2, 0.25) is 15.9 Å². The van der Waals surface area contributed by atoms with Gasteiger partial charge in [0.25, 0.3) is 0 Å². The number of carbonyl (C=O) groups excluding carboxylic acids is 1.